The van der Waals surface area contributed by atoms with Crippen LogP contribution in [-0.4, -0.2) is 47.7 Å². The summed E-state index contributed by atoms with van der Waals surface area (Å²) in [4.78, 5) is 9.31. The van der Waals surface area contributed by atoms with Crippen molar-refractivity contribution < 1.29 is 0 Å². The third kappa shape index (κ3) is 3.09. The minimum absolute atomic E-state index is 0.537. The quantitative estimate of drug-likeness (QED) is 0.933. The molecule has 1 aromatic carbocycles. The van der Waals surface area contributed by atoms with Crippen molar-refractivity contribution in [1.29, 1.82) is 5.41 Å². The third-order valence-corrected chi connectivity index (χ3v) is 5.45. The van der Waals surface area contributed by atoms with Crippen molar-refractivity contribution in [1.82, 2.24) is 14.5 Å². The molecule has 0 bridgehead atoms. The van der Waals surface area contributed by atoms with Gasteiger partial charge in [0, 0.05) is 38.3 Å². The molecule has 132 valence electrons. The molecular weight excluding hydrogens is 310 g/mol. The van der Waals surface area contributed by atoms with Gasteiger partial charge in [-0.15, -0.1) is 0 Å². The predicted molar refractivity (Wildman–Crippen MR) is 101 cm³/mol. The molecule has 0 spiro atoms. The summed E-state index contributed by atoms with van der Waals surface area (Å²) in [6.45, 7) is 6.85. The highest BCUT2D eigenvalue weighted by molar-refractivity contribution is 5.65. The van der Waals surface area contributed by atoms with E-state index in [1.807, 2.05) is 6.20 Å². The second-order valence-electron chi connectivity index (χ2n) is 7.21. The molecule has 0 atom stereocenters. The number of benzene rings is 1. The predicted octanol–water partition coefficient (Wildman–Crippen LogP) is 2.68. The smallest absolute Gasteiger partial charge is 0.171 e. The molecule has 1 aliphatic carbocycles. The highest BCUT2D eigenvalue weighted by Crippen LogP contribution is 2.44. The first kappa shape index (κ1) is 16.3. The average molecular weight is 337 g/mol. The summed E-state index contributed by atoms with van der Waals surface area (Å²) >= 11 is 0. The minimum Gasteiger partial charge on any atom is -0.351 e. The van der Waals surface area contributed by atoms with Crippen molar-refractivity contribution in [2.75, 3.05) is 38.1 Å². The van der Waals surface area contributed by atoms with Gasteiger partial charge >= 0.3 is 0 Å². The summed E-state index contributed by atoms with van der Waals surface area (Å²) in [6.07, 6.45) is 4.55. The molecule has 2 aliphatic rings. The third-order valence-electron chi connectivity index (χ3n) is 5.45. The fourth-order valence-corrected chi connectivity index (χ4v) is 3.77. The van der Waals surface area contributed by atoms with Crippen LogP contribution in [0, 0.1) is 5.41 Å². The molecule has 0 unspecified atom stereocenters. The number of piperazine rings is 1. The van der Waals surface area contributed by atoms with Crippen LogP contribution in [0.3, 0.4) is 0 Å². The topological polar surface area (TPSA) is 48.2 Å². The van der Waals surface area contributed by atoms with Gasteiger partial charge in [0.1, 0.15) is 0 Å². The van der Waals surface area contributed by atoms with Crippen LogP contribution in [0.15, 0.2) is 30.5 Å². The summed E-state index contributed by atoms with van der Waals surface area (Å²) in [7, 11) is 2.15. The number of likely N-dealkylation sites (N-methyl/N-ethyl adjacent to an activating group) is 1. The maximum atomic E-state index is 8.76. The Morgan fingerprint density at radius 1 is 1.12 bits per heavy atom. The second kappa shape index (κ2) is 6.64. The Bertz CT molecular complexity index is 813. The fourth-order valence-electron chi connectivity index (χ4n) is 3.77. The van der Waals surface area contributed by atoms with Crippen molar-refractivity contribution in [3.8, 4) is 11.3 Å². The largest absolute Gasteiger partial charge is 0.351 e. The zero-order valence-corrected chi connectivity index (χ0v) is 15.2. The standard InChI is InChI=1S/C20H27N5/c1-3-25-18(17-7-5-4-6-16(17)15-8-9-15)14-22-20(19(25)21)24-12-10-23(2)11-13-24/h4-7,14-15,21H,3,8-13H2,1-2H3. The van der Waals surface area contributed by atoms with Crippen LogP contribution in [0.25, 0.3) is 11.3 Å². The van der Waals surface area contributed by atoms with Gasteiger partial charge in [-0.1, -0.05) is 24.3 Å². The zero-order valence-electron chi connectivity index (χ0n) is 15.2. The lowest BCUT2D eigenvalue weighted by molar-refractivity contribution is 0.311. The van der Waals surface area contributed by atoms with E-state index in [-0.39, 0.29) is 0 Å². The molecule has 1 saturated carbocycles. The molecule has 5 heteroatoms. The van der Waals surface area contributed by atoms with Crippen LogP contribution in [0.4, 0.5) is 5.82 Å². The summed E-state index contributed by atoms with van der Waals surface area (Å²) in [6, 6.07) is 8.65. The SMILES string of the molecule is CCn1c(-c2ccccc2C2CC2)cnc(N2CCN(C)CC2)c1=N. The molecule has 25 heavy (non-hydrogen) atoms. The van der Waals surface area contributed by atoms with E-state index in [4.69, 9.17) is 10.4 Å². The molecule has 1 aromatic heterocycles. The molecule has 0 amide bonds. The van der Waals surface area contributed by atoms with Crippen molar-refractivity contribution in [3.05, 3.63) is 41.5 Å². The Morgan fingerprint density at radius 2 is 1.84 bits per heavy atom. The first-order chi connectivity index (χ1) is 12.2. The van der Waals surface area contributed by atoms with Crippen LogP contribution in [0.1, 0.15) is 31.2 Å². The highest BCUT2D eigenvalue weighted by atomic mass is 15.3. The van der Waals surface area contributed by atoms with Crippen molar-refractivity contribution in [3.63, 3.8) is 0 Å². The van der Waals surface area contributed by atoms with E-state index in [9.17, 15) is 0 Å². The average Bonchev–Trinajstić information content (AvgIpc) is 3.47. The number of nitrogens with zero attached hydrogens (tertiary/aromatic N) is 4. The van der Waals surface area contributed by atoms with Crippen LogP contribution >= 0.6 is 0 Å². The van der Waals surface area contributed by atoms with E-state index in [1.165, 1.54) is 24.0 Å². The summed E-state index contributed by atoms with van der Waals surface area (Å²) in [5.74, 6) is 1.51. The van der Waals surface area contributed by atoms with E-state index in [0.29, 0.717) is 11.4 Å². The van der Waals surface area contributed by atoms with Gasteiger partial charge < -0.3 is 14.4 Å². The van der Waals surface area contributed by atoms with Gasteiger partial charge in [0.05, 0.1) is 11.9 Å². The molecule has 2 aromatic rings. The molecule has 2 fully saturated rings. The summed E-state index contributed by atoms with van der Waals surface area (Å²) < 4.78 is 2.11. The molecule has 1 aliphatic heterocycles. The Kier molecular flexibility index (Phi) is 4.34. The lowest BCUT2D eigenvalue weighted by Crippen LogP contribution is -2.47. The summed E-state index contributed by atoms with van der Waals surface area (Å²) in [5, 5.41) is 8.76. The van der Waals surface area contributed by atoms with E-state index in [0.717, 1.165) is 44.2 Å². The number of hydrogen-bond acceptors (Lipinski definition) is 4. The van der Waals surface area contributed by atoms with Gasteiger partial charge in [0.2, 0.25) is 0 Å². The van der Waals surface area contributed by atoms with E-state index in [2.05, 4.69) is 52.6 Å². The Hall–Kier alpha value is -2.14. The molecular formula is C20H27N5. The van der Waals surface area contributed by atoms with Gasteiger partial charge in [0.15, 0.2) is 11.3 Å². The Labute approximate surface area is 149 Å². The van der Waals surface area contributed by atoms with E-state index >= 15 is 0 Å². The van der Waals surface area contributed by atoms with Gasteiger partial charge in [-0.05, 0) is 38.3 Å². The highest BCUT2D eigenvalue weighted by Gasteiger charge is 2.27. The summed E-state index contributed by atoms with van der Waals surface area (Å²) in [5.41, 5.74) is 4.28. The Morgan fingerprint density at radius 3 is 2.52 bits per heavy atom. The Balaban J connectivity index is 1.76. The zero-order chi connectivity index (χ0) is 17.4. The molecule has 2 heterocycles. The number of hydrogen-bond donors (Lipinski definition) is 1. The number of anilines is 1. The molecule has 1 saturated heterocycles. The van der Waals surface area contributed by atoms with E-state index in [1.54, 1.807) is 0 Å². The fraction of sp³-hybridized carbons (Fsp3) is 0.500. The number of rotatable bonds is 4. The van der Waals surface area contributed by atoms with Crippen LogP contribution in [0.5, 0.6) is 0 Å². The molecule has 4 rings (SSSR count). The van der Waals surface area contributed by atoms with Crippen LogP contribution < -0.4 is 10.4 Å². The van der Waals surface area contributed by atoms with Gasteiger partial charge in [-0.3, -0.25) is 5.41 Å². The van der Waals surface area contributed by atoms with Crippen LogP contribution in [0.2, 0.25) is 0 Å². The molecule has 5 nitrogen and oxygen atoms in total. The van der Waals surface area contributed by atoms with E-state index < -0.39 is 0 Å². The second-order valence-corrected chi connectivity index (χ2v) is 7.21. The first-order valence-electron chi connectivity index (χ1n) is 9.36. The maximum Gasteiger partial charge on any atom is 0.171 e. The van der Waals surface area contributed by atoms with Crippen molar-refractivity contribution in [2.24, 2.45) is 0 Å². The first-order valence-corrected chi connectivity index (χ1v) is 9.36. The van der Waals surface area contributed by atoms with Gasteiger partial charge in [0.25, 0.3) is 0 Å². The van der Waals surface area contributed by atoms with Gasteiger partial charge in [-0.2, -0.15) is 0 Å². The molecule has 0 radical (unpaired) electrons. The normalized spacial score (nSPS) is 18.6. The maximum absolute atomic E-state index is 8.76. The van der Waals surface area contributed by atoms with Crippen molar-refractivity contribution in [2.45, 2.75) is 32.2 Å². The number of aromatic nitrogens is 2. The lowest BCUT2D eigenvalue weighted by atomic mass is 10.0. The van der Waals surface area contributed by atoms with Crippen molar-refractivity contribution >= 4 is 5.82 Å². The minimum atomic E-state index is 0.537. The van der Waals surface area contributed by atoms with Gasteiger partial charge in [-0.25, -0.2) is 4.98 Å². The van der Waals surface area contributed by atoms with Crippen LogP contribution in [-0.2, 0) is 6.54 Å². The molecule has 1 N–H and O–H groups in total. The number of nitrogens with one attached hydrogen (secondary N) is 1. The lowest BCUT2D eigenvalue weighted by Gasteiger charge is -2.33. The monoisotopic (exact) mass is 337 g/mol.